The molecule has 18 heteroatoms. The predicted molar refractivity (Wildman–Crippen MR) is 135 cm³/mol. The van der Waals surface area contributed by atoms with Gasteiger partial charge >= 0.3 is 19.8 Å². The number of hydrogen-bond donors (Lipinski definition) is 10. The molecular weight excluding hydrogens is 529 g/mol. The van der Waals surface area contributed by atoms with Crippen LogP contribution in [0.3, 0.4) is 0 Å². The second-order valence-electron chi connectivity index (χ2n) is 8.06. The minimum atomic E-state index is -4.64. The van der Waals surface area contributed by atoms with Crippen molar-refractivity contribution < 1.29 is 43.8 Å². The van der Waals surface area contributed by atoms with E-state index in [9.17, 15) is 24.3 Å². The van der Waals surface area contributed by atoms with E-state index in [1.54, 1.807) is 19.2 Å². The summed E-state index contributed by atoms with van der Waals surface area (Å²) in [4.78, 5) is 76.4. The van der Waals surface area contributed by atoms with Gasteiger partial charge in [-0.2, -0.15) is 4.98 Å². The molecule has 1 unspecified atom stereocenters. The molecule has 1 aliphatic rings. The lowest BCUT2D eigenvalue weighted by Gasteiger charge is -2.35. The first-order chi connectivity index (χ1) is 17.7. The molecule has 1 aliphatic heterocycles. The third-order valence-electron chi connectivity index (χ3n) is 5.26. The van der Waals surface area contributed by atoms with Gasteiger partial charge in [-0.1, -0.05) is 0 Å². The van der Waals surface area contributed by atoms with Crippen molar-refractivity contribution in [2.24, 2.45) is 0 Å². The second-order valence-corrected chi connectivity index (χ2v) is 9.09. The summed E-state index contributed by atoms with van der Waals surface area (Å²) in [5, 5.41) is 26.6. The van der Waals surface area contributed by atoms with Crippen molar-refractivity contribution >= 4 is 48.8 Å². The number of aliphatic carboxylic acids is 2. The number of phosphoric acid groups is 1. The third-order valence-corrected chi connectivity index (χ3v) is 5.26. The zero-order chi connectivity index (χ0) is 28.6. The normalized spacial score (nSPS) is 15.2. The van der Waals surface area contributed by atoms with Gasteiger partial charge in [-0.05, 0) is 30.7 Å². The summed E-state index contributed by atoms with van der Waals surface area (Å²) in [5.41, 5.74) is 6.59. The number of likely N-dealkylation sites (N-methyl/N-ethyl adjacent to an activating group) is 1. The standard InChI is InChI=1S/C20H25N7O6.H3O4P/c1-27-12(9-23-16-15(27)18(31)26-20(21)25-16)8-22-11-4-2-10(3-5-11)17(30)24-13(19(32)33)6-7-14(28)29;1-5(2,3)4/h2-5,12-13,22H,6-9H2,1H3,(H,24,30)(H,28,29)(H,32,33)(H4,21,23,25,26,31);(H3,1,2,3,4)/t12?,13-;/m0./s1. The molecule has 17 nitrogen and oxygen atoms in total. The number of hydrogen-bond acceptors (Lipinski definition) is 10. The highest BCUT2D eigenvalue weighted by molar-refractivity contribution is 7.45. The van der Waals surface area contributed by atoms with Gasteiger partial charge in [0.2, 0.25) is 5.95 Å². The van der Waals surface area contributed by atoms with Crippen LogP contribution >= 0.6 is 7.82 Å². The molecule has 208 valence electrons. The van der Waals surface area contributed by atoms with Gasteiger partial charge in [-0.25, -0.2) is 9.36 Å². The highest BCUT2D eigenvalue weighted by Crippen LogP contribution is 2.26. The summed E-state index contributed by atoms with van der Waals surface area (Å²) in [7, 11) is -2.85. The number of rotatable bonds is 9. The molecular formula is C20H28N7O10P. The lowest BCUT2D eigenvalue weighted by Crippen LogP contribution is -2.48. The number of fused-ring (bicyclic) bond motifs is 1. The molecule has 0 radical (unpaired) electrons. The maximum Gasteiger partial charge on any atom is 0.466 e. The number of nitrogens with one attached hydrogen (secondary N) is 4. The summed E-state index contributed by atoms with van der Waals surface area (Å²) in [6.07, 6.45) is -0.586. The Kier molecular flexibility index (Phi) is 10.2. The van der Waals surface area contributed by atoms with E-state index in [0.717, 1.165) is 5.69 Å². The largest absolute Gasteiger partial charge is 0.481 e. The van der Waals surface area contributed by atoms with Gasteiger partial charge < -0.3 is 51.5 Å². The molecule has 1 aromatic carbocycles. The zero-order valence-electron chi connectivity index (χ0n) is 20.0. The topological polar surface area (TPSA) is 281 Å². The fourth-order valence-electron chi connectivity index (χ4n) is 3.42. The van der Waals surface area contributed by atoms with Crippen LogP contribution in [-0.2, 0) is 14.2 Å². The Labute approximate surface area is 214 Å². The average molecular weight is 557 g/mol. The lowest BCUT2D eigenvalue weighted by atomic mass is 10.1. The fraction of sp³-hybridized carbons (Fsp3) is 0.350. The van der Waals surface area contributed by atoms with Crippen molar-refractivity contribution in [1.82, 2.24) is 15.3 Å². The number of carbonyl (C=O) groups excluding carboxylic acids is 1. The van der Waals surface area contributed by atoms with E-state index in [2.05, 4.69) is 25.9 Å². The maximum absolute atomic E-state index is 12.3. The van der Waals surface area contributed by atoms with Crippen LogP contribution < -0.4 is 32.1 Å². The smallest absolute Gasteiger partial charge is 0.466 e. The molecule has 0 saturated heterocycles. The zero-order valence-corrected chi connectivity index (χ0v) is 20.9. The highest BCUT2D eigenvalue weighted by atomic mass is 31.2. The molecule has 11 N–H and O–H groups in total. The van der Waals surface area contributed by atoms with Crippen molar-refractivity contribution in [2.75, 3.05) is 41.4 Å². The van der Waals surface area contributed by atoms with Crippen LogP contribution in [-0.4, -0.2) is 84.9 Å². The SMILES string of the molecule is CN1c2c(nc(N)[nH]c2=O)NCC1CNc1ccc(C(=O)N[C@@H](CCC(=O)O)C(=O)O)cc1.O=P(O)(O)O. The van der Waals surface area contributed by atoms with Gasteiger partial charge in [0.15, 0.2) is 5.82 Å². The molecule has 38 heavy (non-hydrogen) atoms. The van der Waals surface area contributed by atoms with Gasteiger partial charge in [0, 0.05) is 37.8 Å². The minimum Gasteiger partial charge on any atom is -0.481 e. The minimum absolute atomic E-state index is 0.0388. The van der Waals surface area contributed by atoms with E-state index < -0.39 is 31.7 Å². The number of amides is 1. The number of anilines is 4. The Hall–Kier alpha value is -4.18. The Morgan fingerprint density at radius 3 is 2.37 bits per heavy atom. The number of nitrogens with two attached hydrogens (primary N) is 1. The van der Waals surface area contributed by atoms with E-state index in [-0.39, 0.29) is 36.0 Å². The van der Waals surface area contributed by atoms with Crippen LogP contribution in [0.2, 0.25) is 0 Å². The molecule has 2 aromatic rings. The molecule has 1 amide bonds. The first-order valence-electron chi connectivity index (χ1n) is 10.9. The van der Waals surface area contributed by atoms with E-state index >= 15 is 0 Å². The molecule has 0 fully saturated rings. The predicted octanol–water partition coefficient (Wildman–Crippen LogP) is -1.19. The quantitative estimate of drug-likeness (QED) is 0.162. The molecule has 0 saturated carbocycles. The van der Waals surface area contributed by atoms with Crippen molar-refractivity contribution in [3.05, 3.63) is 40.2 Å². The number of nitrogens with zero attached hydrogens (tertiary/aromatic N) is 2. The number of carboxylic acid groups (broad SMARTS) is 2. The van der Waals surface area contributed by atoms with Crippen LogP contribution in [0.25, 0.3) is 0 Å². The maximum atomic E-state index is 12.3. The number of benzene rings is 1. The van der Waals surface area contributed by atoms with Crippen molar-refractivity contribution in [3.8, 4) is 0 Å². The van der Waals surface area contributed by atoms with Gasteiger partial charge in [-0.3, -0.25) is 19.4 Å². The lowest BCUT2D eigenvalue weighted by molar-refractivity contribution is -0.140. The third kappa shape index (κ3) is 9.36. The molecule has 0 spiro atoms. The van der Waals surface area contributed by atoms with Gasteiger partial charge in [-0.15, -0.1) is 0 Å². The van der Waals surface area contributed by atoms with Crippen LogP contribution in [0.4, 0.5) is 23.1 Å². The monoisotopic (exact) mass is 557 g/mol. The first-order valence-corrected chi connectivity index (χ1v) is 12.5. The van der Waals surface area contributed by atoms with Crippen molar-refractivity contribution in [2.45, 2.75) is 24.9 Å². The fourth-order valence-corrected chi connectivity index (χ4v) is 3.42. The van der Waals surface area contributed by atoms with E-state index in [1.807, 2.05) is 4.90 Å². The molecule has 3 rings (SSSR count). The number of carbonyl (C=O) groups is 3. The number of carboxylic acids is 2. The summed E-state index contributed by atoms with van der Waals surface area (Å²) in [5.74, 6) is -2.59. The Bertz CT molecular complexity index is 1260. The van der Waals surface area contributed by atoms with E-state index in [4.69, 9.17) is 30.1 Å². The van der Waals surface area contributed by atoms with E-state index in [0.29, 0.717) is 24.6 Å². The van der Waals surface area contributed by atoms with Gasteiger partial charge in [0.05, 0.1) is 6.04 Å². The summed E-state index contributed by atoms with van der Waals surface area (Å²) < 4.78 is 8.88. The van der Waals surface area contributed by atoms with Gasteiger partial charge in [0.1, 0.15) is 11.7 Å². The Balaban J connectivity index is 0.000000926. The van der Waals surface area contributed by atoms with E-state index in [1.165, 1.54) is 12.1 Å². The Morgan fingerprint density at radius 1 is 1.21 bits per heavy atom. The van der Waals surface area contributed by atoms with Crippen LogP contribution in [0.15, 0.2) is 29.1 Å². The molecule has 0 bridgehead atoms. The molecule has 0 aliphatic carbocycles. The Morgan fingerprint density at radius 2 is 1.82 bits per heavy atom. The molecule has 2 heterocycles. The summed E-state index contributed by atoms with van der Waals surface area (Å²) in [6, 6.07) is 5.03. The highest BCUT2D eigenvalue weighted by Gasteiger charge is 2.27. The number of nitrogen functional groups attached to an aromatic ring is 1. The van der Waals surface area contributed by atoms with Gasteiger partial charge in [0.25, 0.3) is 11.5 Å². The van der Waals surface area contributed by atoms with Crippen LogP contribution in [0, 0.1) is 0 Å². The van der Waals surface area contributed by atoms with Crippen molar-refractivity contribution in [1.29, 1.82) is 0 Å². The summed E-state index contributed by atoms with van der Waals surface area (Å²) >= 11 is 0. The average Bonchev–Trinajstić information content (AvgIpc) is 2.79. The van der Waals surface area contributed by atoms with Crippen molar-refractivity contribution in [3.63, 3.8) is 0 Å². The first kappa shape index (κ1) is 30.0. The van der Waals surface area contributed by atoms with Crippen LogP contribution in [0.5, 0.6) is 0 Å². The number of aromatic nitrogens is 2. The van der Waals surface area contributed by atoms with Crippen LogP contribution in [0.1, 0.15) is 23.2 Å². The summed E-state index contributed by atoms with van der Waals surface area (Å²) in [6.45, 7) is 1.01. The number of H-pyrrole nitrogens is 1. The number of aromatic amines is 1. The second kappa shape index (κ2) is 12.9. The molecule has 1 aromatic heterocycles. The molecule has 2 atom stereocenters.